The number of nitrogens with zero attached hydrogens (tertiary/aromatic N) is 3. The van der Waals surface area contributed by atoms with Gasteiger partial charge in [0, 0.05) is 17.6 Å². The van der Waals surface area contributed by atoms with Gasteiger partial charge in [-0.2, -0.15) is 5.26 Å². The van der Waals surface area contributed by atoms with Crippen molar-refractivity contribution in [3.05, 3.63) is 75.2 Å². The summed E-state index contributed by atoms with van der Waals surface area (Å²) in [6, 6.07) is 9.67. The van der Waals surface area contributed by atoms with Crippen LogP contribution in [0.2, 0.25) is 0 Å². The van der Waals surface area contributed by atoms with Gasteiger partial charge in [0.15, 0.2) is 9.92 Å². The van der Waals surface area contributed by atoms with Crippen LogP contribution in [0.25, 0.3) is 0 Å². The average molecular weight is 462 g/mol. The van der Waals surface area contributed by atoms with Crippen molar-refractivity contribution in [2.45, 2.75) is 51.1 Å². The number of fused-ring (bicyclic) bond motifs is 3. The van der Waals surface area contributed by atoms with Crippen LogP contribution in [0.5, 0.6) is 0 Å². The number of aryl methyl sites for hydroxylation is 2. The van der Waals surface area contributed by atoms with Crippen molar-refractivity contribution in [2.24, 2.45) is 4.36 Å². The zero-order chi connectivity index (χ0) is 23.0. The molecule has 3 aliphatic rings. The fourth-order valence-electron chi connectivity index (χ4n) is 5.39. The molecular formula is C25H27N5O2S. The van der Waals surface area contributed by atoms with Crippen LogP contribution in [0.1, 0.15) is 52.3 Å². The fraction of sp³-hybridized carbons (Fsp3) is 0.360. The molecule has 8 heteroatoms. The standard InChI is InChI=1S/C25H27N5O2S/c1-30-15-19-6-2-3-9-20(19)23(30)12-13-33(32,27-16-26)29-25(31)28-24-21-10-4-7-17(21)14-18-8-5-11-22(18)24/h2-3,6,9,12-14,23H,4-5,7-8,10-11,15H2,1H3,(H2,27,28,29,31,32)/b13-12+. The number of likely N-dealkylation sites (N-methyl/N-ethyl adjacent to an activating group) is 1. The first-order chi connectivity index (χ1) is 16.0. The van der Waals surface area contributed by atoms with E-state index in [1.165, 1.54) is 33.2 Å². The van der Waals surface area contributed by atoms with Crippen molar-refractivity contribution < 1.29 is 9.00 Å². The predicted octanol–water partition coefficient (Wildman–Crippen LogP) is 4.35. The number of hydrogen-bond donors (Lipinski definition) is 2. The number of rotatable bonds is 4. The van der Waals surface area contributed by atoms with E-state index in [4.69, 9.17) is 5.26 Å². The lowest BCUT2D eigenvalue weighted by molar-refractivity contribution is 0.257. The Morgan fingerprint density at radius 2 is 1.85 bits per heavy atom. The van der Waals surface area contributed by atoms with E-state index >= 15 is 0 Å². The van der Waals surface area contributed by atoms with Gasteiger partial charge >= 0.3 is 6.03 Å². The van der Waals surface area contributed by atoms with Gasteiger partial charge in [-0.15, -0.1) is 0 Å². The van der Waals surface area contributed by atoms with Crippen molar-refractivity contribution in [3.63, 3.8) is 0 Å². The van der Waals surface area contributed by atoms with E-state index in [-0.39, 0.29) is 6.04 Å². The molecule has 33 heavy (non-hydrogen) atoms. The van der Waals surface area contributed by atoms with Gasteiger partial charge in [0.1, 0.15) is 0 Å². The number of nitriles is 1. The number of nitrogens with one attached hydrogen (secondary N) is 2. The molecule has 0 bridgehead atoms. The summed E-state index contributed by atoms with van der Waals surface area (Å²) in [6.07, 6.45) is 9.44. The van der Waals surface area contributed by atoms with Crippen molar-refractivity contribution in [3.8, 4) is 6.19 Å². The highest BCUT2D eigenvalue weighted by Crippen LogP contribution is 2.38. The van der Waals surface area contributed by atoms with Crippen molar-refractivity contribution in [1.29, 1.82) is 5.26 Å². The molecule has 7 nitrogen and oxygen atoms in total. The molecule has 2 aromatic rings. The quantitative estimate of drug-likeness (QED) is 0.662. The number of urea groups is 1. The summed E-state index contributed by atoms with van der Waals surface area (Å²) in [5.41, 5.74) is 8.17. The fourth-order valence-corrected chi connectivity index (χ4v) is 6.36. The molecule has 0 saturated carbocycles. The maximum absolute atomic E-state index is 13.4. The van der Waals surface area contributed by atoms with Gasteiger partial charge in [0.25, 0.3) is 0 Å². The summed E-state index contributed by atoms with van der Waals surface area (Å²) in [7, 11) is -1.42. The maximum Gasteiger partial charge on any atom is 0.331 e. The van der Waals surface area contributed by atoms with Gasteiger partial charge in [-0.05, 0) is 79.0 Å². The van der Waals surface area contributed by atoms with E-state index in [9.17, 15) is 9.00 Å². The normalized spacial score (nSPS) is 20.5. The molecule has 2 unspecified atom stereocenters. The van der Waals surface area contributed by atoms with Gasteiger partial charge in [-0.3, -0.25) is 4.90 Å². The molecule has 0 fully saturated rings. The molecule has 0 aromatic heterocycles. The molecule has 2 atom stereocenters. The minimum atomic E-state index is -3.41. The molecule has 2 N–H and O–H groups in total. The summed E-state index contributed by atoms with van der Waals surface area (Å²) in [5, 5.41) is 13.5. The highest BCUT2D eigenvalue weighted by molar-refractivity contribution is 7.95. The van der Waals surface area contributed by atoms with Crippen LogP contribution in [0, 0.1) is 11.5 Å². The Morgan fingerprint density at radius 3 is 2.55 bits per heavy atom. The number of carbonyl (C=O) groups excluding carboxylic acids is 1. The number of carbonyl (C=O) groups is 1. The molecular weight excluding hydrogens is 434 g/mol. The topological polar surface area (TPSA) is 97.6 Å². The van der Waals surface area contributed by atoms with Gasteiger partial charge in [0.2, 0.25) is 6.19 Å². The molecule has 2 aliphatic carbocycles. The SMILES string of the molecule is CN1Cc2ccccc2C1/C=C/S(=O)(=NC#N)NC(=O)Nc1c2c(cc3c1CCC3)CCC2. The molecule has 2 aromatic carbocycles. The van der Waals surface area contributed by atoms with Crippen LogP contribution < -0.4 is 10.0 Å². The third-order valence-corrected chi connectivity index (χ3v) is 8.20. The van der Waals surface area contributed by atoms with E-state index in [1.807, 2.05) is 25.2 Å². The van der Waals surface area contributed by atoms with Crippen molar-refractivity contribution in [2.75, 3.05) is 12.4 Å². The molecule has 1 heterocycles. The number of anilines is 1. The highest BCUT2D eigenvalue weighted by Gasteiger charge is 2.27. The first kappa shape index (κ1) is 21.7. The van der Waals surface area contributed by atoms with Crippen molar-refractivity contribution in [1.82, 2.24) is 9.62 Å². The minimum Gasteiger partial charge on any atom is -0.307 e. The third kappa shape index (κ3) is 4.14. The summed E-state index contributed by atoms with van der Waals surface area (Å²) in [6.45, 7) is 0.778. The van der Waals surface area contributed by atoms with E-state index < -0.39 is 15.9 Å². The Morgan fingerprint density at radius 1 is 1.15 bits per heavy atom. The number of hydrogen-bond acceptors (Lipinski definition) is 5. The molecule has 170 valence electrons. The minimum absolute atomic E-state index is 0.0959. The first-order valence-electron chi connectivity index (χ1n) is 11.3. The lowest BCUT2D eigenvalue weighted by Gasteiger charge is -2.18. The highest BCUT2D eigenvalue weighted by atomic mass is 32.2. The Hall–Kier alpha value is -3.15. The zero-order valence-electron chi connectivity index (χ0n) is 18.6. The summed E-state index contributed by atoms with van der Waals surface area (Å²) >= 11 is 0. The second kappa shape index (κ2) is 8.65. The molecule has 1 aliphatic heterocycles. The van der Waals surface area contributed by atoms with Crippen LogP contribution in [-0.2, 0) is 42.1 Å². The molecule has 0 radical (unpaired) electrons. The second-order valence-corrected chi connectivity index (χ2v) is 10.7. The first-order valence-corrected chi connectivity index (χ1v) is 12.9. The second-order valence-electron chi connectivity index (χ2n) is 8.94. The molecule has 2 amide bonds. The van der Waals surface area contributed by atoms with Gasteiger partial charge in [-0.25, -0.2) is 13.7 Å². The smallest absolute Gasteiger partial charge is 0.307 e. The van der Waals surface area contributed by atoms with Gasteiger partial charge in [-0.1, -0.05) is 40.8 Å². The maximum atomic E-state index is 13.4. The van der Waals surface area contributed by atoms with Crippen LogP contribution in [0.4, 0.5) is 10.5 Å². The predicted molar refractivity (Wildman–Crippen MR) is 129 cm³/mol. The zero-order valence-corrected chi connectivity index (χ0v) is 19.5. The average Bonchev–Trinajstić information content (AvgIpc) is 3.50. The van der Waals surface area contributed by atoms with Crippen LogP contribution in [-0.4, -0.2) is 22.2 Å². The van der Waals surface area contributed by atoms with Crippen LogP contribution in [0.15, 0.2) is 46.2 Å². The monoisotopic (exact) mass is 461 g/mol. The Bertz CT molecular complexity index is 1280. The Labute approximate surface area is 194 Å². The third-order valence-electron chi connectivity index (χ3n) is 6.84. The van der Waals surface area contributed by atoms with Crippen LogP contribution in [0.3, 0.4) is 0 Å². The Kier molecular flexibility index (Phi) is 5.69. The molecule has 0 spiro atoms. The van der Waals surface area contributed by atoms with E-state index in [0.29, 0.717) is 0 Å². The molecule has 0 saturated heterocycles. The van der Waals surface area contributed by atoms with Crippen LogP contribution >= 0.6 is 0 Å². The van der Waals surface area contributed by atoms with E-state index in [0.717, 1.165) is 56.3 Å². The lowest BCUT2D eigenvalue weighted by atomic mass is 9.99. The summed E-state index contributed by atoms with van der Waals surface area (Å²) in [4.78, 5) is 15.1. The summed E-state index contributed by atoms with van der Waals surface area (Å²) in [5.74, 6) is 0. The largest absolute Gasteiger partial charge is 0.331 e. The van der Waals surface area contributed by atoms with Gasteiger partial charge < -0.3 is 5.32 Å². The lowest BCUT2D eigenvalue weighted by Crippen LogP contribution is -2.33. The van der Waals surface area contributed by atoms with Gasteiger partial charge in [0.05, 0.1) is 6.04 Å². The van der Waals surface area contributed by atoms with E-state index in [1.54, 1.807) is 12.3 Å². The summed E-state index contributed by atoms with van der Waals surface area (Å²) < 4.78 is 19.4. The van der Waals surface area contributed by atoms with Crippen molar-refractivity contribution >= 4 is 21.6 Å². The van der Waals surface area contributed by atoms with E-state index in [2.05, 4.69) is 31.4 Å². The number of benzene rings is 2. The Balaban J connectivity index is 1.38. The molecule has 5 rings (SSSR count). The number of amides is 2.